The van der Waals surface area contributed by atoms with Crippen molar-refractivity contribution in [3.05, 3.63) is 36.0 Å². The van der Waals surface area contributed by atoms with E-state index in [4.69, 9.17) is 5.11 Å². The molecule has 0 saturated carbocycles. The van der Waals surface area contributed by atoms with Gasteiger partial charge in [0.15, 0.2) is 0 Å². The van der Waals surface area contributed by atoms with Crippen LogP contribution in [0.25, 0.3) is 10.9 Å². The quantitative estimate of drug-likeness (QED) is 0.805. The molecule has 3 N–H and O–H groups in total. The largest absolute Gasteiger partial charge is 0.390 e. The maximum Gasteiger partial charge on any atom is 0.289 e. The summed E-state index contributed by atoms with van der Waals surface area (Å²) in [7, 11) is 0. The number of rotatable bonds is 4. The van der Waals surface area contributed by atoms with Gasteiger partial charge in [-0.05, 0) is 23.1 Å². The first kappa shape index (κ1) is 17.1. The van der Waals surface area contributed by atoms with Crippen LogP contribution < -0.4 is 5.32 Å². The zero-order valence-corrected chi connectivity index (χ0v) is 12.9. The Labute approximate surface area is 133 Å². The summed E-state index contributed by atoms with van der Waals surface area (Å²) in [6, 6.07) is 6.13. The molecule has 7 heteroatoms. The molecule has 0 bridgehead atoms. The normalized spacial score (nSPS) is 18.1. The van der Waals surface area contributed by atoms with Gasteiger partial charge < -0.3 is 15.4 Å². The summed E-state index contributed by atoms with van der Waals surface area (Å²) in [6.45, 7) is 1.31. The van der Waals surface area contributed by atoms with Gasteiger partial charge >= 0.3 is 0 Å². The van der Waals surface area contributed by atoms with Gasteiger partial charge in [-0.25, -0.2) is 8.78 Å². The maximum absolute atomic E-state index is 14.3. The highest BCUT2D eigenvalue weighted by Crippen LogP contribution is 2.37. The van der Waals surface area contributed by atoms with E-state index in [0.717, 1.165) is 10.9 Å². The molecule has 1 saturated heterocycles. The Morgan fingerprint density at radius 3 is 2.64 bits per heavy atom. The average molecular weight is 332 g/mol. The van der Waals surface area contributed by atoms with Crippen LogP contribution in [0.4, 0.5) is 8.78 Å². The van der Waals surface area contributed by atoms with Crippen LogP contribution in [0.1, 0.15) is 11.6 Å². The Morgan fingerprint density at radius 1 is 1.23 bits per heavy atom. The van der Waals surface area contributed by atoms with Crippen LogP contribution in [0.2, 0.25) is 0 Å². The first-order chi connectivity index (χ1) is 10.1. The molecule has 2 heterocycles. The zero-order valence-electron chi connectivity index (χ0n) is 12.1. The fraction of sp³-hybridized carbons (Fsp3) is 0.467. The molecule has 1 aliphatic rings. The highest BCUT2D eigenvalue weighted by atomic mass is 35.5. The Hall–Kier alpha value is -1.21. The standard InChI is InChI=1S/C15H19F2N3O.ClH/c16-15(17,10-21)14(20-7-5-18-6-8-20)12-2-1-11-3-4-19-13(11)9-12;/h1-4,9,14,18-19,21H,5-8,10H2;1H/t14-;/m1./s1. The molecular formula is C15H20ClF2N3O. The number of aliphatic hydroxyl groups is 1. The molecule has 2 aromatic rings. The lowest BCUT2D eigenvalue weighted by molar-refractivity contribution is -0.118. The third-order valence-corrected chi connectivity index (χ3v) is 4.02. The summed E-state index contributed by atoms with van der Waals surface area (Å²) in [5.41, 5.74) is 1.37. The van der Waals surface area contributed by atoms with Crippen LogP contribution in [0.15, 0.2) is 30.5 Å². The minimum Gasteiger partial charge on any atom is -0.390 e. The first-order valence-corrected chi connectivity index (χ1v) is 7.12. The van der Waals surface area contributed by atoms with E-state index in [2.05, 4.69) is 10.3 Å². The third kappa shape index (κ3) is 3.25. The number of piperazine rings is 1. The Balaban J connectivity index is 0.00000176. The first-order valence-electron chi connectivity index (χ1n) is 7.12. The van der Waals surface area contributed by atoms with Crippen molar-refractivity contribution in [1.82, 2.24) is 15.2 Å². The molecule has 1 aliphatic heterocycles. The highest BCUT2D eigenvalue weighted by Gasteiger charge is 2.44. The molecule has 1 fully saturated rings. The van der Waals surface area contributed by atoms with Gasteiger partial charge in [-0.2, -0.15) is 0 Å². The van der Waals surface area contributed by atoms with E-state index in [-0.39, 0.29) is 12.4 Å². The molecular weight excluding hydrogens is 312 g/mol. The average Bonchev–Trinajstić information content (AvgIpc) is 2.96. The van der Waals surface area contributed by atoms with Crippen LogP contribution in [0, 0.1) is 0 Å². The summed E-state index contributed by atoms with van der Waals surface area (Å²) < 4.78 is 28.6. The molecule has 1 atom stereocenters. The van der Waals surface area contributed by atoms with Crippen LogP contribution >= 0.6 is 12.4 Å². The molecule has 122 valence electrons. The Bertz CT molecular complexity index is 614. The lowest BCUT2D eigenvalue weighted by Crippen LogP contribution is -2.51. The van der Waals surface area contributed by atoms with Crippen molar-refractivity contribution < 1.29 is 13.9 Å². The van der Waals surface area contributed by atoms with Crippen LogP contribution in [-0.4, -0.2) is 53.7 Å². The third-order valence-electron chi connectivity index (χ3n) is 4.02. The predicted molar refractivity (Wildman–Crippen MR) is 84.8 cm³/mol. The second-order valence-corrected chi connectivity index (χ2v) is 5.43. The topological polar surface area (TPSA) is 51.3 Å². The van der Waals surface area contributed by atoms with Crippen LogP contribution in [0.5, 0.6) is 0 Å². The van der Waals surface area contributed by atoms with E-state index in [1.54, 1.807) is 23.2 Å². The maximum atomic E-state index is 14.3. The number of aromatic amines is 1. The number of benzene rings is 1. The molecule has 3 rings (SSSR count). The monoisotopic (exact) mass is 331 g/mol. The van der Waals surface area contributed by atoms with E-state index in [1.165, 1.54) is 0 Å². The number of nitrogens with zero attached hydrogens (tertiary/aromatic N) is 1. The number of hydrogen-bond donors (Lipinski definition) is 3. The summed E-state index contributed by atoms with van der Waals surface area (Å²) in [5.74, 6) is -3.17. The molecule has 22 heavy (non-hydrogen) atoms. The predicted octanol–water partition coefficient (Wildman–Crippen LogP) is 2.16. The van der Waals surface area contributed by atoms with Crippen molar-refractivity contribution in [2.45, 2.75) is 12.0 Å². The van der Waals surface area contributed by atoms with E-state index < -0.39 is 18.6 Å². The molecule has 0 radical (unpaired) electrons. The number of hydrogen-bond acceptors (Lipinski definition) is 3. The van der Waals surface area contributed by atoms with Gasteiger partial charge in [0.1, 0.15) is 12.6 Å². The SMILES string of the molecule is Cl.OCC(F)(F)[C@@H](c1ccc2cc[nH]c2c1)N1CCNCC1. The van der Waals surface area contributed by atoms with Crippen molar-refractivity contribution >= 4 is 23.3 Å². The molecule has 0 unspecified atom stereocenters. The number of nitrogens with one attached hydrogen (secondary N) is 2. The number of alkyl halides is 2. The molecule has 0 aliphatic carbocycles. The van der Waals surface area contributed by atoms with Gasteiger partial charge in [-0.1, -0.05) is 12.1 Å². The van der Waals surface area contributed by atoms with E-state index >= 15 is 0 Å². The van der Waals surface area contributed by atoms with Gasteiger partial charge in [0, 0.05) is 37.9 Å². The van der Waals surface area contributed by atoms with Gasteiger partial charge in [0.25, 0.3) is 5.92 Å². The fourth-order valence-electron chi connectivity index (χ4n) is 2.98. The van der Waals surface area contributed by atoms with Gasteiger partial charge in [-0.15, -0.1) is 12.4 Å². The smallest absolute Gasteiger partial charge is 0.289 e. The van der Waals surface area contributed by atoms with Crippen LogP contribution in [0.3, 0.4) is 0 Å². The molecule has 0 spiro atoms. The fourth-order valence-corrected chi connectivity index (χ4v) is 2.98. The lowest BCUT2D eigenvalue weighted by atomic mass is 9.97. The zero-order chi connectivity index (χ0) is 14.9. The summed E-state index contributed by atoms with van der Waals surface area (Å²) in [5, 5.41) is 13.3. The number of fused-ring (bicyclic) bond motifs is 1. The second kappa shape index (κ2) is 6.91. The van der Waals surface area contributed by atoms with E-state index in [1.807, 2.05) is 12.1 Å². The summed E-state index contributed by atoms with van der Waals surface area (Å²) >= 11 is 0. The van der Waals surface area contributed by atoms with Gasteiger partial charge in [0.2, 0.25) is 0 Å². The Kier molecular flexibility index (Phi) is 5.39. The van der Waals surface area contributed by atoms with Crippen molar-refractivity contribution in [2.75, 3.05) is 32.8 Å². The van der Waals surface area contributed by atoms with E-state index in [0.29, 0.717) is 31.7 Å². The Morgan fingerprint density at radius 2 is 1.95 bits per heavy atom. The minimum absolute atomic E-state index is 0. The number of H-pyrrole nitrogens is 1. The van der Waals surface area contributed by atoms with E-state index in [9.17, 15) is 8.78 Å². The second-order valence-electron chi connectivity index (χ2n) is 5.43. The summed E-state index contributed by atoms with van der Waals surface area (Å²) in [4.78, 5) is 4.80. The highest BCUT2D eigenvalue weighted by molar-refractivity contribution is 5.85. The number of halogens is 3. The van der Waals surface area contributed by atoms with Crippen molar-refractivity contribution in [2.24, 2.45) is 0 Å². The van der Waals surface area contributed by atoms with Crippen molar-refractivity contribution in [3.63, 3.8) is 0 Å². The summed E-state index contributed by atoms with van der Waals surface area (Å²) in [6.07, 6.45) is 1.79. The molecule has 1 aromatic heterocycles. The minimum atomic E-state index is -3.17. The number of aromatic nitrogens is 1. The van der Waals surface area contributed by atoms with Crippen LogP contribution in [-0.2, 0) is 0 Å². The van der Waals surface area contributed by atoms with Crippen molar-refractivity contribution in [1.29, 1.82) is 0 Å². The lowest BCUT2D eigenvalue weighted by Gasteiger charge is -2.38. The van der Waals surface area contributed by atoms with Crippen molar-refractivity contribution in [3.8, 4) is 0 Å². The molecule has 1 aromatic carbocycles. The van der Waals surface area contributed by atoms with Gasteiger partial charge in [0.05, 0.1) is 0 Å². The number of aliphatic hydroxyl groups excluding tert-OH is 1. The molecule has 0 amide bonds. The van der Waals surface area contributed by atoms with Gasteiger partial charge in [-0.3, -0.25) is 4.90 Å². The molecule has 4 nitrogen and oxygen atoms in total.